The maximum atomic E-state index is 5.61. The van der Waals surface area contributed by atoms with Crippen LogP contribution in [-0.2, 0) is 5.75 Å². The van der Waals surface area contributed by atoms with Gasteiger partial charge < -0.3 is 14.5 Å². The van der Waals surface area contributed by atoms with Gasteiger partial charge in [-0.1, -0.05) is 23.9 Å². The summed E-state index contributed by atoms with van der Waals surface area (Å²) in [5.74, 6) is 3.93. The predicted molar refractivity (Wildman–Crippen MR) is 130 cm³/mol. The first-order valence-electron chi connectivity index (χ1n) is 10.6. The lowest BCUT2D eigenvalue weighted by molar-refractivity contribution is 0.340. The van der Waals surface area contributed by atoms with Gasteiger partial charge in [0.05, 0.1) is 30.5 Å². The van der Waals surface area contributed by atoms with E-state index in [0.29, 0.717) is 12.4 Å². The minimum absolute atomic E-state index is 0.627. The van der Waals surface area contributed by atoms with Crippen LogP contribution in [0.1, 0.15) is 12.7 Å². The zero-order valence-corrected chi connectivity index (χ0v) is 19.2. The van der Waals surface area contributed by atoms with E-state index in [0.717, 1.165) is 50.6 Å². The van der Waals surface area contributed by atoms with Crippen molar-refractivity contribution in [3.63, 3.8) is 0 Å². The second-order valence-electron chi connectivity index (χ2n) is 7.29. The van der Waals surface area contributed by atoms with Crippen LogP contribution in [0, 0.1) is 0 Å². The van der Waals surface area contributed by atoms with Crippen molar-refractivity contribution in [2.45, 2.75) is 17.8 Å². The summed E-state index contributed by atoms with van der Waals surface area (Å²) in [4.78, 5) is 8.06. The molecule has 0 aliphatic rings. The third-order valence-electron chi connectivity index (χ3n) is 5.16. The van der Waals surface area contributed by atoms with Crippen LogP contribution in [0.25, 0.3) is 28.1 Å². The Hall–Kier alpha value is -3.78. The van der Waals surface area contributed by atoms with Gasteiger partial charge in [-0.15, -0.1) is 10.2 Å². The van der Waals surface area contributed by atoms with Crippen LogP contribution >= 0.6 is 11.8 Å². The van der Waals surface area contributed by atoms with Crippen LogP contribution in [0.4, 0.5) is 0 Å². The standard InChI is InChI=1S/C25H23N5O2S/c1-3-32-20-14-10-18(11-15-20)30-24(17-8-12-19(31-2)13-9-17)28-29-25(30)33-16-23-26-21-6-4-5-7-22(21)27-23/h4-15H,3,16H2,1-2H3,(H,26,27). The highest BCUT2D eigenvalue weighted by molar-refractivity contribution is 7.98. The number of aromatic nitrogens is 5. The summed E-state index contributed by atoms with van der Waals surface area (Å²) in [6, 6.07) is 23.8. The molecule has 8 heteroatoms. The number of ether oxygens (including phenoxy) is 2. The van der Waals surface area contributed by atoms with E-state index < -0.39 is 0 Å². The van der Waals surface area contributed by atoms with Gasteiger partial charge in [0.15, 0.2) is 11.0 Å². The molecule has 0 unspecified atom stereocenters. The van der Waals surface area contributed by atoms with Gasteiger partial charge in [0, 0.05) is 11.3 Å². The van der Waals surface area contributed by atoms with Gasteiger partial charge in [0.1, 0.15) is 17.3 Å². The molecule has 7 nitrogen and oxygen atoms in total. The van der Waals surface area contributed by atoms with Crippen LogP contribution in [-0.4, -0.2) is 38.4 Å². The fourth-order valence-corrected chi connectivity index (χ4v) is 4.41. The zero-order chi connectivity index (χ0) is 22.6. The van der Waals surface area contributed by atoms with Gasteiger partial charge in [-0.3, -0.25) is 4.57 Å². The lowest BCUT2D eigenvalue weighted by Crippen LogP contribution is -2.00. The van der Waals surface area contributed by atoms with Crippen LogP contribution in [0.5, 0.6) is 11.5 Å². The third-order valence-corrected chi connectivity index (χ3v) is 6.10. The first-order chi connectivity index (χ1) is 16.2. The minimum atomic E-state index is 0.627. The number of hydrogen-bond donors (Lipinski definition) is 1. The van der Waals surface area contributed by atoms with Gasteiger partial charge in [-0.25, -0.2) is 4.98 Å². The molecule has 166 valence electrons. The molecule has 0 amide bonds. The SMILES string of the molecule is CCOc1ccc(-n2c(SCc3nc4ccccc4[nH]3)nnc2-c2ccc(OC)cc2)cc1. The summed E-state index contributed by atoms with van der Waals surface area (Å²) in [5, 5.41) is 9.82. The van der Waals surface area contributed by atoms with Crippen LogP contribution in [0.3, 0.4) is 0 Å². The van der Waals surface area contributed by atoms with E-state index in [1.807, 2.05) is 79.7 Å². The van der Waals surface area contributed by atoms with E-state index in [4.69, 9.17) is 9.47 Å². The first-order valence-corrected chi connectivity index (χ1v) is 11.6. The van der Waals surface area contributed by atoms with Crippen molar-refractivity contribution >= 4 is 22.8 Å². The Labute approximate surface area is 195 Å². The highest BCUT2D eigenvalue weighted by atomic mass is 32.2. The number of aromatic amines is 1. The second-order valence-corrected chi connectivity index (χ2v) is 8.23. The number of para-hydroxylation sites is 2. The van der Waals surface area contributed by atoms with Crippen LogP contribution < -0.4 is 9.47 Å². The number of fused-ring (bicyclic) bond motifs is 1. The highest BCUT2D eigenvalue weighted by Crippen LogP contribution is 2.31. The van der Waals surface area contributed by atoms with Gasteiger partial charge in [0.2, 0.25) is 0 Å². The predicted octanol–water partition coefficient (Wildman–Crippen LogP) is 5.51. The van der Waals surface area contributed by atoms with Crippen molar-refractivity contribution in [3.05, 3.63) is 78.6 Å². The van der Waals surface area contributed by atoms with Gasteiger partial charge in [0.25, 0.3) is 0 Å². The second kappa shape index (κ2) is 9.38. The maximum absolute atomic E-state index is 5.61. The molecule has 33 heavy (non-hydrogen) atoms. The first kappa shape index (κ1) is 21.1. The molecule has 0 fully saturated rings. The van der Waals surface area contributed by atoms with Gasteiger partial charge in [-0.05, 0) is 67.6 Å². The molecule has 5 rings (SSSR count). The average molecular weight is 458 g/mol. The number of benzene rings is 3. The Morgan fingerprint density at radius 1 is 0.909 bits per heavy atom. The number of nitrogens with zero attached hydrogens (tertiary/aromatic N) is 4. The monoisotopic (exact) mass is 457 g/mol. The molecule has 2 aromatic heterocycles. The molecule has 0 radical (unpaired) electrons. The molecule has 2 heterocycles. The van der Waals surface area contributed by atoms with Crippen molar-refractivity contribution in [1.82, 2.24) is 24.7 Å². The molecule has 0 spiro atoms. The van der Waals surface area contributed by atoms with Gasteiger partial charge >= 0.3 is 0 Å². The van der Waals surface area contributed by atoms with Crippen LogP contribution in [0.2, 0.25) is 0 Å². The lowest BCUT2D eigenvalue weighted by atomic mass is 10.2. The topological polar surface area (TPSA) is 77.9 Å². The largest absolute Gasteiger partial charge is 0.497 e. The Morgan fingerprint density at radius 2 is 1.67 bits per heavy atom. The molecule has 0 aliphatic carbocycles. The number of methoxy groups -OCH3 is 1. The number of rotatable bonds is 8. The van der Waals surface area contributed by atoms with E-state index in [2.05, 4.69) is 24.7 Å². The summed E-state index contributed by atoms with van der Waals surface area (Å²) in [5.41, 5.74) is 3.90. The Bertz CT molecular complexity index is 1330. The van der Waals surface area contributed by atoms with E-state index in [1.54, 1.807) is 18.9 Å². The number of nitrogens with one attached hydrogen (secondary N) is 1. The van der Waals surface area contributed by atoms with E-state index in [1.165, 1.54) is 0 Å². The molecule has 5 aromatic rings. The summed E-state index contributed by atoms with van der Waals surface area (Å²) in [6.45, 7) is 2.60. The van der Waals surface area contributed by atoms with Crippen molar-refractivity contribution in [2.24, 2.45) is 0 Å². The third kappa shape index (κ3) is 4.42. The summed E-state index contributed by atoms with van der Waals surface area (Å²) in [6.07, 6.45) is 0. The molecular formula is C25H23N5O2S. The molecule has 0 saturated carbocycles. The molecule has 0 aliphatic heterocycles. The molecule has 0 atom stereocenters. The summed E-state index contributed by atoms with van der Waals surface area (Å²) < 4.78 is 13.0. The van der Waals surface area contributed by atoms with E-state index >= 15 is 0 Å². The van der Waals surface area contributed by atoms with Crippen molar-refractivity contribution in [2.75, 3.05) is 13.7 Å². The Balaban J connectivity index is 1.50. The van der Waals surface area contributed by atoms with Crippen molar-refractivity contribution < 1.29 is 9.47 Å². The zero-order valence-electron chi connectivity index (χ0n) is 18.4. The van der Waals surface area contributed by atoms with E-state index in [9.17, 15) is 0 Å². The van der Waals surface area contributed by atoms with Crippen LogP contribution in [0.15, 0.2) is 78.0 Å². The van der Waals surface area contributed by atoms with Crippen molar-refractivity contribution in [3.8, 4) is 28.6 Å². The Kier molecular flexibility index (Phi) is 5.99. The fraction of sp³-hybridized carbons (Fsp3) is 0.160. The number of imidazole rings is 1. The van der Waals surface area contributed by atoms with Gasteiger partial charge in [-0.2, -0.15) is 0 Å². The minimum Gasteiger partial charge on any atom is -0.497 e. The maximum Gasteiger partial charge on any atom is 0.196 e. The summed E-state index contributed by atoms with van der Waals surface area (Å²) >= 11 is 1.59. The average Bonchev–Trinajstić information content (AvgIpc) is 3.47. The summed E-state index contributed by atoms with van der Waals surface area (Å²) in [7, 11) is 1.66. The van der Waals surface area contributed by atoms with E-state index in [-0.39, 0.29) is 0 Å². The quantitative estimate of drug-likeness (QED) is 0.310. The number of thioether (sulfide) groups is 1. The number of H-pyrrole nitrogens is 1. The Morgan fingerprint density at radius 3 is 2.39 bits per heavy atom. The lowest BCUT2D eigenvalue weighted by Gasteiger charge is -2.11. The number of hydrogen-bond acceptors (Lipinski definition) is 6. The molecule has 3 aromatic carbocycles. The molecular weight excluding hydrogens is 434 g/mol. The smallest absolute Gasteiger partial charge is 0.196 e. The molecule has 0 bridgehead atoms. The molecule has 0 saturated heterocycles. The highest BCUT2D eigenvalue weighted by Gasteiger charge is 2.17. The van der Waals surface area contributed by atoms with Crippen molar-refractivity contribution in [1.29, 1.82) is 0 Å². The fourth-order valence-electron chi connectivity index (χ4n) is 3.59. The molecule has 1 N–H and O–H groups in total. The normalized spacial score (nSPS) is 11.1.